The monoisotopic (exact) mass is 1180 g/mol. The lowest BCUT2D eigenvalue weighted by molar-refractivity contribution is -0.359. The highest BCUT2D eigenvalue weighted by Gasteiger charge is 2.51. The maximum absolute atomic E-state index is 13.3. The first-order valence-corrected chi connectivity index (χ1v) is 34.7. The predicted molar refractivity (Wildman–Crippen MR) is 337 cm³/mol. The third-order valence-corrected chi connectivity index (χ3v) is 17.0. The van der Waals surface area contributed by atoms with E-state index in [0.717, 1.165) is 32.1 Å². The fraction of sp³-hybridized carbons (Fsp3) is 0.899. The van der Waals surface area contributed by atoms with Crippen molar-refractivity contribution in [3.63, 3.8) is 0 Å². The van der Waals surface area contributed by atoms with E-state index in [1.54, 1.807) is 6.08 Å². The SMILES string of the molecule is CCCCCCCCCC/C=C\CCCCCCCCCCCCCCCCCCCCCCCCCC(=O)NC(COC1OC(CO)C(OC2OC(CO)C(O)C(O)C2O)C(O)C1O)C(O)/C=C/CC/C=C/CCCCCCCCCC. The van der Waals surface area contributed by atoms with E-state index in [-0.39, 0.29) is 18.9 Å². The van der Waals surface area contributed by atoms with Crippen LogP contribution in [0.25, 0.3) is 0 Å². The van der Waals surface area contributed by atoms with Crippen LogP contribution in [-0.2, 0) is 23.7 Å². The number of hydrogen-bond donors (Lipinski definition) is 9. The molecule has 12 atom stereocenters. The normalized spacial score (nSPS) is 24.0. The lowest BCUT2D eigenvalue weighted by Gasteiger charge is -2.46. The van der Waals surface area contributed by atoms with Gasteiger partial charge >= 0.3 is 0 Å². The van der Waals surface area contributed by atoms with Gasteiger partial charge in [0.1, 0.15) is 48.8 Å². The van der Waals surface area contributed by atoms with Gasteiger partial charge in [-0.25, -0.2) is 0 Å². The summed E-state index contributed by atoms with van der Waals surface area (Å²) in [4.78, 5) is 13.3. The zero-order chi connectivity index (χ0) is 60.2. The minimum Gasteiger partial charge on any atom is -0.394 e. The molecule has 0 aromatic heterocycles. The molecule has 2 heterocycles. The average Bonchev–Trinajstić information content (AvgIpc) is 3.64. The van der Waals surface area contributed by atoms with Gasteiger partial charge < -0.3 is 65.1 Å². The van der Waals surface area contributed by atoms with Crippen molar-refractivity contribution in [2.24, 2.45) is 0 Å². The van der Waals surface area contributed by atoms with Crippen LogP contribution in [0.1, 0.15) is 303 Å². The molecule has 0 radical (unpaired) electrons. The van der Waals surface area contributed by atoms with Crippen LogP contribution in [0.2, 0.25) is 0 Å². The molecular weight excluding hydrogens is 1050 g/mol. The molecule has 12 unspecified atom stereocenters. The van der Waals surface area contributed by atoms with Crippen molar-refractivity contribution in [1.82, 2.24) is 5.32 Å². The standard InChI is InChI=1S/C69H129NO13/c1-3-5-7-9-11-13-15-17-19-20-21-22-23-24-25-26-27-28-29-30-31-32-33-34-35-36-37-38-39-41-43-45-47-49-51-53-61(74)70-57(58(73)52-50-48-46-44-42-40-18-16-14-12-10-8-6-4-2)56-80-68-66(79)64(77)67(60(55-72)82-68)83-69-65(78)63(76)62(75)59(54-71)81-69/h20-21,42,44,50,52,57-60,62-69,71-73,75-79H,3-19,22-41,43,45-49,51,53-56H2,1-2H3,(H,70,74)/b21-20-,44-42+,52-50+. The molecule has 488 valence electrons. The zero-order valence-electron chi connectivity index (χ0n) is 53.0. The van der Waals surface area contributed by atoms with E-state index in [2.05, 4.69) is 43.5 Å². The zero-order valence-corrected chi connectivity index (χ0v) is 53.0. The maximum atomic E-state index is 13.3. The van der Waals surface area contributed by atoms with Crippen molar-refractivity contribution in [1.29, 1.82) is 0 Å². The number of carbonyl (C=O) groups excluding carboxylic acids is 1. The van der Waals surface area contributed by atoms with E-state index in [1.165, 1.54) is 238 Å². The molecule has 2 aliphatic heterocycles. The van der Waals surface area contributed by atoms with E-state index in [9.17, 15) is 45.6 Å². The lowest BCUT2D eigenvalue weighted by atomic mass is 9.97. The Labute approximate surface area is 506 Å². The van der Waals surface area contributed by atoms with Gasteiger partial charge in [0.2, 0.25) is 5.91 Å². The molecule has 0 saturated carbocycles. The van der Waals surface area contributed by atoms with E-state index in [4.69, 9.17) is 18.9 Å². The lowest BCUT2D eigenvalue weighted by Crippen LogP contribution is -2.65. The Morgan fingerprint density at radius 3 is 1.18 bits per heavy atom. The molecule has 0 aromatic carbocycles. The number of hydrogen-bond acceptors (Lipinski definition) is 13. The van der Waals surface area contributed by atoms with Crippen LogP contribution in [0.5, 0.6) is 0 Å². The molecule has 0 spiro atoms. The summed E-state index contributed by atoms with van der Waals surface area (Å²) in [6.07, 6.45) is 52.3. The molecule has 2 rings (SSSR count). The minimum atomic E-state index is -1.79. The fourth-order valence-corrected chi connectivity index (χ4v) is 11.5. The van der Waals surface area contributed by atoms with Crippen LogP contribution in [0.15, 0.2) is 36.5 Å². The summed E-state index contributed by atoms with van der Waals surface area (Å²) in [6.45, 7) is 2.80. The predicted octanol–water partition coefficient (Wildman–Crippen LogP) is 13.7. The Morgan fingerprint density at radius 1 is 0.422 bits per heavy atom. The summed E-state index contributed by atoms with van der Waals surface area (Å²) >= 11 is 0. The average molecular weight is 1180 g/mol. The molecule has 1 amide bonds. The molecule has 0 aliphatic carbocycles. The highest BCUT2D eigenvalue weighted by Crippen LogP contribution is 2.30. The van der Waals surface area contributed by atoms with Gasteiger partial charge in [0.25, 0.3) is 0 Å². The van der Waals surface area contributed by atoms with Crippen LogP contribution >= 0.6 is 0 Å². The molecule has 83 heavy (non-hydrogen) atoms. The van der Waals surface area contributed by atoms with Gasteiger partial charge in [-0.05, 0) is 57.8 Å². The van der Waals surface area contributed by atoms with Gasteiger partial charge in [-0.1, -0.05) is 275 Å². The molecule has 2 aliphatic rings. The molecule has 14 nitrogen and oxygen atoms in total. The maximum Gasteiger partial charge on any atom is 0.220 e. The third-order valence-electron chi connectivity index (χ3n) is 17.0. The second-order valence-electron chi connectivity index (χ2n) is 24.6. The number of carbonyl (C=O) groups is 1. The summed E-state index contributed by atoms with van der Waals surface area (Å²) in [5, 5.41) is 87.2. The van der Waals surface area contributed by atoms with Crippen LogP contribution in [0.4, 0.5) is 0 Å². The number of amides is 1. The fourth-order valence-electron chi connectivity index (χ4n) is 11.5. The summed E-state index contributed by atoms with van der Waals surface area (Å²) in [5.74, 6) is -0.245. The Morgan fingerprint density at radius 2 is 0.771 bits per heavy atom. The molecule has 0 bridgehead atoms. The molecule has 2 saturated heterocycles. The Bertz CT molecular complexity index is 1530. The number of aliphatic hydroxyl groups is 8. The van der Waals surface area contributed by atoms with Gasteiger partial charge in [0.15, 0.2) is 12.6 Å². The van der Waals surface area contributed by atoms with E-state index in [1.807, 2.05) is 6.08 Å². The Kier molecular flexibility index (Phi) is 50.6. The first-order valence-electron chi connectivity index (χ1n) is 34.7. The number of ether oxygens (including phenoxy) is 4. The van der Waals surface area contributed by atoms with Crippen molar-refractivity contribution in [3.8, 4) is 0 Å². The number of unbranched alkanes of at least 4 members (excludes halogenated alkanes) is 40. The second-order valence-corrected chi connectivity index (χ2v) is 24.6. The smallest absolute Gasteiger partial charge is 0.220 e. The van der Waals surface area contributed by atoms with Gasteiger partial charge in [-0.3, -0.25) is 4.79 Å². The Balaban J connectivity index is 1.60. The summed E-state index contributed by atoms with van der Waals surface area (Å²) < 4.78 is 22.8. The van der Waals surface area contributed by atoms with Crippen LogP contribution in [-0.4, -0.2) is 140 Å². The molecule has 2 fully saturated rings. The quantitative estimate of drug-likeness (QED) is 0.0204. The van der Waals surface area contributed by atoms with E-state index in [0.29, 0.717) is 12.8 Å². The van der Waals surface area contributed by atoms with Gasteiger partial charge in [0.05, 0.1) is 32.0 Å². The van der Waals surface area contributed by atoms with Gasteiger partial charge in [0, 0.05) is 6.42 Å². The number of nitrogens with one attached hydrogen (secondary N) is 1. The van der Waals surface area contributed by atoms with Gasteiger partial charge in [-0.2, -0.15) is 0 Å². The largest absolute Gasteiger partial charge is 0.394 e. The number of aliphatic hydroxyl groups excluding tert-OH is 8. The third kappa shape index (κ3) is 39.0. The van der Waals surface area contributed by atoms with Crippen molar-refractivity contribution >= 4 is 5.91 Å². The Hall–Kier alpha value is -1.79. The summed E-state index contributed by atoms with van der Waals surface area (Å²) in [5.41, 5.74) is 0. The first-order chi connectivity index (χ1) is 40.6. The van der Waals surface area contributed by atoms with Crippen molar-refractivity contribution in [2.45, 2.75) is 376 Å². The van der Waals surface area contributed by atoms with E-state index >= 15 is 0 Å². The molecule has 14 heteroatoms. The van der Waals surface area contributed by atoms with Crippen LogP contribution < -0.4 is 5.32 Å². The van der Waals surface area contributed by atoms with Gasteiger partial charge in [-0.15, -0.1) is 0 Å². The topological polar surface area (TPSA) is 228 Å². The highest BCUT2D eigenvalue weighted by atomic mass is 16.7. The second kappa shape index (κ2) is 54.4. The highest BCUT2D eigenvalue weighted by molar-refractivity contribution is 5.76. The van der Waals surface area contributed by atoms with Crippen LogP contribution in [0.3, 0.4) is 0 Å². The molecule has 9 N–H and O–H groups in total. The van der Waals surface area contributed by atoms with Crippen LogP contribution in [0, 0.1) is 0 Å². The first kappa shape index (κ1) is 77.3. The van der Waals surface area contributed by atoms with E-state index < -0.39 is 86.8 Å². The number of allylic oxidation sites excluding steroid dienone is 5. The minimum absolute atomic E-state index is 0.245. The molecule has 0 aromatic rings. The number of rotatable bonds is 57. The van der Waals surface area contributed by atoms with Crippen molar-refractivity contribution in [3.05, 3.63) is 36.5 Å². The molecular formula is C69H129NO13. The summed E-state index contributed by atoms with van der Waals surface area (Å²) in [7, 11) is 0. The van der Waals surface area contributed by atoms with Crippen molar-refractivity contribution < 1.29 is 64.6 Å². The van der Waals surface area contributed by atoms with Crippen molar-refractivity contribution in [2.75, 3.05) is 19.8 Å². The summed E-state index contributed by atoms with van der Waals surface area (Å²) in [6, 6.07) is -0.929.